The number of methoxy groups -OCH3 is 1. The molecule has 1 fully saturated rings. The molecule has 1 atom stereocenters. The zero-order chi connectivity index (χ0) is 15.5. The minimum Gasteiger partial charge on any atom is -0.383 e. The lowest BCUT2D eigenvalue weighted by Gasteiger charge is -2.25. The monoisotopic (exact) mass is 299 g/mol. The van der Waals surface area contributed by atoms with Crippen LogP contribution in [0.3, 0.4) is 0 Å². The number of hydrogen-bond donors (Lipinski definition) is 0. The lowest BCUT2D eigenvalue weighted by atomic mass is 9.88. The van der Waals surface area contributed by atoms with Gasteiger partial charge in [0, 0.05) is 19.7 Å². The predicted octanol–water partition coefficient (Wildman–Crippen LogP) is 4.13. The smallest absolute Gasteiger partial charge is 0.0618 e. The van der Waals surface area contributed by atoms with Gasteiger partial charge in [-0.15, -0.1) is 0 Å². The molecule has 3 rings (SSSR count). The molecule has 0 radical (unpaired) electrons. The highest BCUT2D eigenvalue weighted by atomic mass is 16.5. The predicted molar refractivity (Wildman–Crippen MR) is 93.3 cm³/mol. The topological polar surface area (TPSA) is 12.5 Å². The number of benzene rings is 1. The van der Waals surface area contributed by atoms with Crippen LogP contribution in [0.4, 0.5) is 0 Å². The average Bonchev–Trinajstić information content (AvgIpc) is 2.94. The van der Waals surface area contributed by atoms with Gasteiger partial charge in [0.25, 0.3) is 0 Å². The summed E-state index contributed by atoms with van der Waals surface area (Å²) in [6.07, 6.45) is 8.74. The van der Waals surface area contributed by atoms with Crippen molar-refractivity contribution in [3.8, 4) is 0 Å². The Labute approximate surface area is 135 Å². The van der Waals surface area contributed by atoms with Crippen LogP contribution in [0.2, 0.25) is 0 Å². The molecule has 2 nitrogen and oxygen atoms in total. The minimum atomic E-state index is 0.645. The summed E-state index contributed by atoms with van der Waals surface area (Å²) in [6, 6.07) is 5.40. The maximum absolute atomic E-state index is 5.36. The molecule has 1 unspecified atom stereocenters. The van der Waals surface area contributed by atoms with Crippen LogP contribution in [0.15, 0.2) is 17.7 Å². The Morgan fingerprint density at radius 2 is 2.00 bits per heavy atom. The minimum absolute atomic E-state index is 0.645. The third kappa shape index (κ3) is 3.44. The Morgan fingerprint density at radius 1 is 1.18 bits per heavy atom. The molecule has 0 saturated carbocycles. The van der Waals surface area contributed by atoms with E-state index in [1.165, 1.54) is 67.4 Å². The molecule has 0 aromatic heterocycles. The summed E-state index contributed by atoms with van der Waals surface area (Å²) in [4.78, 5) is 2.63. The van der Waals surface area contributed by atoms with E-state index >= 15 is 0 Å². The van der Waals surface area contributed by atoms with Crippen LogP contribution in [0.5, 0.6) is 0 Å². The number of rotatable bonds is 5. The van der Waals surface area contributed by atoms with Crippen LogP contribution in [0.1, 0.15) is 47.9 Å². The molecule has 1 aromatic rings. The first kappa shape index (κ1) is 15.8. The molecule has 120 valence electrons. The van der Waals surface area contributed by atoms with Gasteiger partial charge >= 0.3 is 0 Å². The van der Waals surface area contributed by atoms with E-state index in [2.05, 4.69) is 37.0 Å². The highest BCUT2D eigenvalue weighted by Gasteiger charge is 2.24. The highest BCUT2D eigenvalue weighted by Crippen LogP contribution is 2.29. The SMILES string of the molecule is COCC1CCCN1CCC1=Cc2cc(C)c(C)cc2CC1. The van der Waals surface area contributed by atoms with Crippen molar-refractivity contribution in [1.29, 1.82) is 0 Å². The van der Waals surface area contributed by atoms with Gasteiger partial charge < -0.3 is 4.74 Å². The van der Waals surface area contributed by atoms with Crippen molar-refractivity contribution in [3.63, 3.8) is 0 Å². The van der Waals surface area contributed by atoms with Gasteiger partial charge in [0.2, 0.25) is 0 Å². The van der Waals surface area contributed by atoms with Crippen molar-refractivity contribution in [2.24, 2.45) is 0 Å². The van der Waals surface area contributed by atoms with Crippen molar-refractivity contribution >= 4 is 6.08 Å². The van der Waals surface area contributed by atoms with Crippen LogP contribution in [0.25, 0.3) is 6.08 Å². The van der Waals surface area contributed by atoms with Gasteiger partial charge in [-0.3, -0.25) is 4.90 Å². The van der Waals surface area contributed by atoms with Crippen LogP contribution in [0, 0.1) is 13.8 Å². The summed E-state index contributed by atoms with van der Waals surface area (Å²) in [6.45, 7) is 7.77. The quantitative estimate of drug-likeness (QED) is 0.810. The summed E-state index contributed by atoms with van der Waals surface area (Å²) < 4.78 is 5.36. The second kappa shape index (κ2) is 6.97. The van der Waals surface area contributed by atoms with Gasteiger partial charge in [-0.2, -0.15) is 0 Å². The first-order chi connectivity index (χ1) is 10.7. The van der Waals surface area contributed by atoms with E-state index in [4.69, 9.17) is 4.74 Å². The van der Waals surface area contributed by atoms with Crippen molar-refractivity contribution in [2.45, 2.75) is 52.0 Å². The van der Waals surface area contributed by atoms with E-state index in [1.54, 1.807) is 5.57 Å². The summed E-state index contributed by atoms with van der Waals surface area (Å²) in [7, 11) is 1.82. The third-order valence-corrected chi connectivity index (χ3v) is 5.41. The fraction of sp³-hybridized carbons (Fsp3) is 0.600. The molecule has 0 bridgehead atoms. The normalized spacial score (nSPS) is 21.8. The van der Waals surface area contributed by atoms with Crippen molar-refractivity contribution in [3.05, 3.63) is 40.0 Å². The Hall–Kier alpha value is -1.12. The van der Waals surface area contributed by atoms with Gasteiger partial charge in [-0.25, -0.2) is 0 Å². The second-order valence-electron chi connectivity index (χ2n) is 6.98. The maximum atomic E-state index is 5.36. The fourth-order valence-electron chi connectivity index (χ4n) is 3.89. The number of hydrogen-bond acceptors (Lipinski definition) is 2. The molecule has 2 aliphatic rings. The third-order valence-electron chi connectivity index (χ3n) is 5.41. The summed E-state index contributed by atoms with van der Waals surface area (Å²) in [5, 5.41) is 0. The standard InChI is InChI=1S/C20H29NO/c1-15-11-18-7-6-17(13-19(18)12-16(15)2)8-10-21-9-4-5-20(21)14-22-3/h11-13,20H,4-10,14H2,1-3H3. The molecule has 22 heavy (non-hydrogen) atoms. The molecule has 1 heterocycles. The summed E-state index contributed by atoms with van der Waals surface area (Å²) in [5.41, 5.74) is 7.45. The molecule has 1 aromatic carbocycles. The molecular weight excluding hydrogens is 270 g/mol. The Morgan fingerprint density at radius 3 is 2.82 bits per heavy atom. The lowest BCUT2D eigenvalue weighted by molar-refractivity contribution is 0.116. The van der Waals surface area contributed by atoms with Gasteiger partial charge in [0.15, 0.2) is 0 Å². The first-order valence-corrected chi connectivity index (χ1v) is 8.70. The number of likely N-dealkylation sites (tertiary alicyclic amines) is 1. The van der Waals surface area contributed by atoms with Crippen LogP contribution in [-0.2, 0) is 11.2 Å². The summed E-state index contributed by atoms with van der Waals surface area (Å²) >= 11 is 0. The molecule has 0 amide bonds. The van der Waals surface area contributed by atoms with Gasteiger partial charge in [0.1, 0.15) is 0 Å². The van der Waals surface area contributed by atoms with Crippen LogP contribution >= 0.6 is 0 Å². The number of ether oxygens (including phenoxy) is 1. The van der Waals surface area contributed by atoms with E-state index in [-0.39, 0.29) is 0 Å². The van der Waals surface area contributed by atoms with E-state index in [9.17, 15) is 0 Å². The maximum Gasteiger partial charge on any atom is 0.0618 e. The van der Waals surface area contributed by atoms with E-state index in [1.807, 2.05) is 7.11 Å². The van der Waals surface area contributed by atoms with Crippen LogP contribution in [-0.4, -0.2) is 37.7 Å². The number of fused-ring (bicyclic) bond motifs is 1. The molecule has 0 N–H and O–H groups in total. The van der Waals surface area contributed by atoms with Crippen molar-refractivity contribution < 1.29 is 4.74 Å². The Balaban J connectivity index is 1.64. The van der Waals surface area contributed by atoms with Crippen LogP contribution < -0.4 is 0 Å². The van der Waals surface area contributed by atoms with E-state index in [0.717, 1.165) is 6.61 Å². The number of aryl methyl sites for hydroxylation is 3. The molecular formula is C20H29NO. The second-order valence-corrected chi connectivity index (χ2v) is 6.98. The Kier molecular flexibility index (Phi) is 5.00. The first-order valence-electron chi connectivity index (χ1n) is 8.70. The van der Waals surface area contributed by atoms with Gasteiger partial charge in [-0.05, 0) is 74.8 Å². The van der Waals surface area contributed by atoms with Crippen molar-refractivity contribution in [2.75, 3.05) is 26.8 Å². The van der Waals surface area contributed by atoms with E-state index < -0.39 is 0 Å². The van der Waals surface area contributed by atoms with E-state index in [0.29, 0.717) is 6.04 Å². The summed E-state index contributed by atoms with van der Waals surface area (Å²) in [5.74, 6) is 0. The largest absolute Gasteiger partial charge is 0.383 e. The Bertz CT molecular complexity index is 561. The fourth-order valence-corrected chi connectivity index (χ4v) is 3.89. The molecule has 1 saturated heterocycles. The number of nitrogens with zero attached hydrogens (tertiary/aromatic N) is 1. The average molecular weight is 299 g/mol. The molecule has 1 aliphatic heterocycles. The highest BCUT2D eigenvalue weighted by molar-refractivity contribution is 5.61. The zero-order valence-corrected chi connectivity index (χ0v) is 14.3. The van der Waals surface area contributed by atoms with Gasteiger partial charge in [0.05, 0.1) is 6.61 Å². The zero-order valence-electron chi connectivity index (χ0n) is 14.3. The molecule has 1 aliphatic carbocycles. The lowest BCUT2D eigenvalue weighted by Crippen LogP contribution is -2.33. The van der Waals surface area contributed by atoms with Crippen molar-refractivity contribution in [1.82, 2.24) is 4.90 Å². The molecule has 0 spiro atoms. The molecule has 2 heteroatoms. The van der Waals surface area contributed by atoms with Gasteiger partial charge in [-0.1, -0.05) is 23.8 Å².